The van der Waals surface area contributed by atoms with Crippen molar-refractivity contribution in [2.45, 2.75) is 69.9 Å². The van der Waals surface area contributed by atoms with E-state index in [1.165, 1.54) is 15.6 Å². The fourth-order valence-corrected chi connectivity index (χ4v) is 9.70. The first-order valence-corrected chi connectivity index (χ1v) is 20.7. The number of urea groups is 1. The van der Waals surface area contributed by atoms with Crippen molar-refractivity contribution in [3.63, 3.8) is 0 Å². The van der Waals surface area contributed by atoms with Gasteiger partial charge in [0.2, 0.25) is 5.91 Å². The molecule has 14 nitrogen and oxygen atoms in total. The van der Waals surface area contributed by atoms with Crippen molar-refractivity contribution in [1.82, 2.24) is 29.8 Å². The number of likely N-dealkylation sites (tertiary alicyclic amines) is 1. The Hall–Kier alpha value is -5.87. The van der Waals surface area contributed by atoms with Gasteiger partial charge in [0.15, 0.2) is 11.5 Å². The lowest BCUT2D eigenvalue weighted by molar-refractivity contribution is -0.120. The van der Waals surface area contributed by atoms with Crippen LogP contribution in [-0.4, -0.2) is 88.1 Å². The summed E-state index contributed by atoms with van der Waals surface area (Å²) in [5.74, 6) is 0.388. The van der Waals surface area contributed by atoms with Crippen molar-refractivity contribution in [1.29, 1.82) is 0 Å². The van der Waals surface area contributed by atoms with Crippen LogP contribution in [0.3, 0.4) is 0 Å². The number of primary amides is 1. The van der Waals surface area contributed by atoms with Gasteiger partial charge in [-0.05, 0) is 105 Å². The molecule has 4 aliphatic rings. The van der Waals surface area contributed by atoms with E-state index >= 15 is 0 Å². The number of anilines is 4. The number of alkyl halides is 2. The van der Waals surface area contributed by atoms with Crippen LogP contribution in [0.4, 0.5) is 36.5 Å². The Balaban J connectivity index is 0.823. The second kappa shape index (κ2) is 16.0. The molecular weight excluding hydrogens is 794 g/mol. The van der Waals surface area contributed by atoms with Crippen LogP contribution in [0.25, 0.3) is 16.9 Å². The van der Waals surface area contributed by atoms with Crippen molar-refractivity contribution in [3.05, 3.63) is 88.8 Å². The summed E-state index contributed by atoms with van der Waals surface area (Å²) in [6, 6.07) is 15.0. The Morgan fingerprint density at radius 3 is 2.43 bits per heavy atom. The number of fused-ring (bicyclic) bond motifs is 2. The Morgan fingerprint density at radius 2 is 1.73 bits per heavy atom. The molecule has 3 aromatic heterocycles. The fraction of sp³-hybridized carbons (Fsp3) is 0.395. The maximum absolute atomic E-state index is 14.8. The quantitative estimate of drug-likeness (QED) is 0.132. The molecule has 1 spiro atoms. The number of benzene rings is 2. The molecule has 6 heterocycles. The summed E-state index contributed by atoms with van der Waals surface area (Å²) in [5, 5.41) is 10.4. The van der Waals surface area contributed by atoms with Crippen LogP contribution >= 0.6 is 11.6 Å². The molecule has 1 atom stereocenters. The third-order valence-electron chi connectivity index (χ3n) is 12.7. The van der Waals surface area contributed by atoms with Gasteiger partial charge in [0.05, 0.1) is 46.6 Å². The molecule has 4 N–H and O–H groups in total. The smallest absolute Gasteiger partial charge is 0.328 e. The van der Waals surface area contributed by atoms with Gasteiger partial charge in [-0.15, -0.1) is 5.10 Å². The van der Waals surface area contributed by atoms with E-state index in [4.69, 9.17) is 32.2 Å². The lowest BCUT2D eigenvalue weighted by Gasteiger charge is -2.47. The number of carbonyl (C=O) groups is 3. The van der Waals surface area contributed by atoms with Crippen LogP contribution in [-0.2, 0) is 11.2 Å². The first-order chi connectivity index (χ1) is 29.0. The molecule has 0 radical (unpaired) electrons. The van der Waals surface area contributed by atoms with Crippen molar-refractivity contribution >= 4 is 58.0 Å². The number of hydrogen-bond acceptors (Lipinski definition) is 10. The average molecular weight is 839 g/mol. The minimum atomic E-state index is -2.64. The van der Waals surface area contributed by atoms with Gasteiger partial charge in [0.1, 0.15) is 11.4 Å². The zero-order chi connectivity index (χ0) is 41.7. The minimum Gasteiger partial charge on any atom is -0.489 e. The van der Waals surface area contributed by atoms with Gasteiger partial charge >= 0.3 is 6.03 Å². The molecule has 312 valence electrons. The van der Waals surface area contributed by atoms with Crippen LogP contribution in [0.5, 0.6) is 5.75 Å². The summed E-state index contributed by atoms with van der Waals surface area (Å²) in [5.41, 5.74) is 11.9. The molecule has 4 amide bonds. The highest BCUT2D eigenvalue weighted by Gasteiger charge is 2.42. The van der Waals surface area contributed by atoms with Gasteiger partial charge in [-0.1, -0.05) is 29.8 Å². The SMILES string of the molecule is CNc1cc(N2CCc3c(-c4ccc(OC5CCC6(CC5)CCN(C(c5ccc(Cl)c(N7CCC(=O)NC7=O)c5)C(F)F)CC6)cn4)cccc32)nn2c(C(N)=O)cnc12. The first kappa shape index (κ1) is 39.6. The van der Waals surface area contributed by atoms with E-state index < -0.39 is 24.4 Å². The molecule has 5 aromatic rings. The number of piperidine rings is 1. The number of nitrogens with one attached hydrogen (secondary N) is 2. The number of aromatic nitrogens is 4. The maximum Gasteiger partial charge on any atom is 0.328 e. The number of imidazole rings is 1. The van der Waals surface area contributed by atoms with Crippen molar-refractivity contribution in [3.8, 4) is 17.0 Å². The Morgan fingerprint density at radius 1 is 0.950 bits per heavy atom. The third kappa shape index (κ3) is 7.35. The van der Waals surface area contributed by atoms with Gasteiger partial charge in [-0.2, -0.15) is 0 Å². The highest BCUT2D eigenvalue weighted by Crippen LogP contribution is 2.48. The van der Waals surface area contributed by atoms with Gasteiger partial charge in [-0.25, -0.2) is 23.1 Å². The molecule has 3 fully saturated rings. The number of ether oxygens (including phenoxy) is 1. The molecule has 2 saturated heterocycles. The molecule has 3 aliphatic heterocycles. The Kier molecular flexibility index (Phi) is 10.5. The number of carbonyl (C=O) groups excluding carboxylic acids is 3. The second-order valence-electron chi connectivity index (χ2n) is 16.1. The van der Waals surface area contributed by atoms with Crippen LogP contribution in [0.1, 0.15) is 72.6 Å². The van der Waals surface area contributed by atoms with E-state index in [-0.39, 0.29) is 41.1 Å². The Labute approximate surface area is 350 Å². The molecular formula is C43H45ClF2N10O4. The molecule has 2 aromatic carbocycles. The van der Waals surface area contributed by atoms with Crippen molar-refractivity contribution in [2.75, 3.05) is 48.3 Å². The number of nitrogens with zero attached hydrogens (tertiary/aromatic N) is 7. The topological polar surface area (TPSA) is 163 Å². The standard InChI is InChI=1S/C43H45ClF2N10O4/c1-48-32-22-36(52-56-35(40(47)58)24-50-41(32)56)54-17-11-29-28(3-2-4-33(29)54)31-8-6-27(23-49-31)60-26-9-13-43(14-10-26)15-19-53(20-16-43)38(39(45)46)25-5-7-30(44)34(21-25)55-18-12-37(57)51-42(55)59/h2-8,21-24,26,38-39,48H,9-20H2,1H3,(H2,47,58)(H,51,57,59). The fourth-order valence-electron chi connectivity index (χ4n) is 9.48. The van der Waals surface area contributed by atoms with Crippen LogP contribution in [0.15, 0.2) is 67.0 Å². The summed E-state index contributed by atoms with van der Waals surface area (Å²) < 4.78 is 37.5. The monoisotopic (exact) mass is 838 g/mol. The van der Waals surface area contributed by atoms with E-state index in [9.17, 15) is 23.2 Å². The summed E-state index contributed by atoms with van der Waals surface area (Å²) in [6.07, 6.45) is 6.79. The van der Waals surface area contributed by atoms with Crippen molar-refractivity contribution in [2.24, 2.45) is 11.1 Å². The summed E-state index contributed by atoms with van der Waals surface area (Å²) in [6.45, 7) is 1.89. The van der Waals surface area contributed by atoms with Crippen LogP contribution in [0.2, 0.25) is 5.02 Å². The summed E-state index contributed by atoms with van der Waals surface area (Å²) >= 11 is 6.42. The number of amides is 4. The van der Waals surface area contributed by atoms with Gasteiger partial charge in [0, 0.05) is 43.9 Å². The highest BCUT2D eigenvalue weighted by atomic mass is 35.5. The average Bonchev–Trinajstić information content (AvgIpc) is 3.89. The van der Waals surface area contributed by atoms with Crippen LogP contribution < -0.4 is 30.9 Å². The maximum atomic E-state index is 14.8. The highest BCUT2D eigenvalue weighted by molar-refractivity contribution is 6.34. The number of halogens is 3. The largest absolute Gasteiger partial charge is 0.489 e. The number of rotatable bonds is 10. The number of hydrogen-bond donors (Lipinski definition) is 3. The number of imide groups is 1. The molecule has 1 unspecified atom stereocenters. The molecule has 60 heavy (non-hydrogen) atoms. The summed E-state index contributed by atoms with van der Waals surface area (Å²) in [7, 11) is 1.80. The van der Waals surface area contributed by atoms with E-state index in [0.29, 0.717) is 48.1 Å². The lowest BCUT2D eigenvalue weighted by atomic mass is 9.67. The first-order valence-electron chi connectivity index (χ1n) is 20.3. The van der Waals surface area contributed by atoms with E-state index in [0.717, 1.165) is 73.1 Å². The van der Waals surface area contributed by atoms with Crippen LogP contribution in [0, 0.1) is 5.41 Å². The van der Waals surface area contributed by atoms with Crippen molar-refractivity contribution < 1.29 is 27.9 Å². The zero-order valence-corrected chi connectivity index (χ0v) is 33.8. The summed E-state index contributed by atoms with van der Waals surface area (Å²) in [4.78, 5) is 50.8. The molecule has 9 rings (SSSR count). The van der Waals surface area contributed by atoms with E-state index in [1.807, 2.05) is 29.2 Å². The minimum absolute atomic E-state index is 0.0392. The Bertz CT molecular complexity index is 2460. The predicted octanol–water partition coefficient (Wildman–Crippen LogP) is 7.14. The lowest BCUT2D eigenvalue weighted by Crippen LogP contribution is -2.49. The normalized spacial score (nSPS) is 18.9. The van der Waals surface area contributed by atoms with E-state index in [1.54, 1.807) is 31.4 Å². The third-order valence-corrected chi connectivity index (χ3v) is 13.1. The molecule has 1 saturated carbocycles. The van der Waals surface area contributed by atoms with Gasteiger partial charge in [-0.3, -0.25) is 29.7 Å². The van der Waals surface area contributed by atoms with E-state index in [2.05, 4.69) is 32.7 Å². The number of pyridine rings is 1. The molecule has 0 bridgehead atoms. The molecule has 17 heteroatoms. The van der Waals surface area contributed by atoms with Gasteiger partial charge < -0.3 is 20.7 Å². The predicted molar refractivity (Wildman–Crippen MR) is 223 cm³/mol. The second-order valence-corrected chi connectivity index (χ2v) is 16.5. The zero-order valence-electron chi connectivity index (χ0n) is 33.0. The van der Waals surface area contributed by atoms with Gasteiger partial charge in [0.25, 0.3) is 12.3 Å². The number of nitrogens with two attached hydrogens (primary N) is 1. The molecule has 1 aliphatic carbocycles.